The van der Waals surface area contributed by atoms with E-state index in [-0.39, 0.29) is 5.41 Å². The highest BCUT2D eigenvalue weighted by molar-refractivity contribution is 5.07. The highest BCUT2D eigenvalue weighted by Gasteiger charge is 2.52. The Morgan fingerprint density at radius 2 is 1.43 bits per heavy atom. The molecule has 4 rings (SSSR count). The first-order valence-corrected chi connectivity index (χ1v) is 14.1. The lowest BCUT2D eigenvalue weighted by Gasteiger charge is -2.57. The average molecular weight is 412 g/mol. The molecule has 0 saturated heterocycles. The van der Waals surface area contributed by atoms with Crippen LogP contribution in [0, 0.1) is 58.2 Å². The number of unbranched alkanes of at least 4 members (excludes halogenated alkanes) is 4. The summed E-state index contributed by atoms with van der Waals surface area (Å²) in [5.74, 6) is 7.12. The van der Waals surface area contributed by atoms with Crippen LogP contribution in [0.5, 0.6) is 0 Å². The quantitative estimate of drug-likeness (QED) is 0.366. The molecule has 0 heterocycles. The third-order valence-corrected chi connectivity index (χ3v) is 10.5. The molecule has 0 N–H and O–H groups in total. The summed E-state index contributed by atoms with van der Waals surface area (Å²) in [5.41, 5.74) is 0.0373. The Hall–Kier alpha value is -0.510. The molecule has 0 aliphatic heterocycles. The topological polar surface area (TPSA) is 23.8 Å². The molecule has 0 amide bonds. The first-order chi connectivity index (χ1) is 14.7. The second-order valence-electron chi connectivity index (χ2n) is 12.0. The smallest absolute Gasteiger partial charge is 0.0689 e. The summed E-state index contributed by atoms with van der Waals surface area (Å²) in [7, 11) is 0. The molecule has 0 aromatic heterocycles. The van der Waals surface area contributed by atoms with Gasteiger partial charge in [0.1, 0.15) is 0 Å². The summed E-state index contributed by atoms with van der Waals surface area (Å²) >= 11 is 0. The van der Waals surface area contributed by atoms with E-state index in [4.69, 9.17) is 0 Å². The zero-order valence-corrected chi connectivity index (χ0v) is 20.2. The number of nitriles is 1. The lowest BCUT2D eigenvalue weighted by Crippen LogP contribution is -2.49. The van der Waals surface area contributed by atoms with Gasteiger partial charge < -0.3 is 0 Å². The van der Waals surface area contributed by atoms with Gasteiger partial charge in [0.15, 0.2) is 0 Å². The number of fused-ring (bicyclic) bond motifs is 5. The number of rotatable bonds is 8. The van der Waals surface area contributed by atoms with Crippen molar-refractivity contribution >= 4 is 0 Å². The molecule has 4 saturated carbocycles. The fraction of sp³-hybridized carbons (Fsp3) is 0.966. The van der Waals surface area contributed by atoms with Crippen molar-refractivity contribution in [2.24, 2.45) is 46.8 Å². The predicted molar refractivity (Wildman–Crippen MR) is 127 cm³/mol. The van der Waals surface area contributed by atoms with E-state index in [1.807, 2.05) is 0 Å². The van der Waals surface area contributed by atoms with Crippen molar-refractivity contribution < 1.29 is 0 Å². The normalized spacial score (nSPS) is 43.2. The second kappa shape index (κ2) is 10.4. The lowest BCUT2D eigenvalue weighted by molar-refractivity contribution is -0.0718. The van der Waals surface area contributed by atoms with E-state index in [0.717, 1.165) is 41.4 Å². The van der Waals surface area contributed by atoms with E-state index in [9.17, 15) is 5.26 Å². The van der Waals surface area contributed by atoms with Crippen molar-refractivity contribution in [1.82, 2.24) is 0 Å². The third-order valence-electron chi connectivity index (χ3n) is 10.5. The molecule has 0 aromatic rings. The van der Waals surface area contributed by atoms with Crippen molar-refractivity contribution in [2.45, 2.75) is 129 Å². The molecule has 30 heavy (non-hydrogen) atoms. The monoisotopic (exact) mass is 411 g/mol. The Morgan fingerprint density at radius 1 is 0.733 bits per heavy atom. The van der Waals surface area contributed by atoms with Crippen molar-refractivity contribution in [3.63, 3.8) is 0 Å². The van der Waals surface area contributed by atoms with Crippen LogP contribution in [-0.2, 0) is 0 Å². The number of nitrogens with zero attached hydrogens (tertiary/aromatic N) is 1. The minimum atomic E-state index is 0.0373. The zero-order valence-electron chi connectivity index (χ0n) is 20.2. The fourth-order valence-electron chi connectivity index (χ4n) is 9.08. The molecule has 4 fully saturated rings. The van der Waals surface area contributed by atoms with E-state index in [2.05, 4.69) is 19.9 Å². The molecule has 0 radical (unpaired) electrons. The van der Waals surface area contributed by atoms with Gasteiger partial charge in [-0.15, -0.1) is 0 Å². The summed E-state index contributed by atoms with van der Waals surface area (Å²) in [4.78, 5) is 0. The van der Waals surface area contributed by atoms with Gasteiger partial charge in [0, 0.05) is 0 Å². The Kier molecular flexibility index (Phi) is 7.86. The maximum absolute atomic E-state index is 10.1. The molecule has 8 atom stereocenters. The molecule has 0 spiro atoms. The SMILES string of the molecule is CCCCC[C@H]1CCCC2C3CCC4C[C@](C#N)(CCCCC)CCC4C3CCC21. The first-order valence-electron chi connectivity index (χ1n) is 14.1. The van der Waals surface area contributed by atoms with Crippen molar-refractivity contribution in [3.8, 4) is 6.07 Å². The standard InChI is InChI=1S/C29H49N/c1-3-5-7-10-22-11-9-12-26-24(22)15-16-27-25-17-19-29(21-30,18-8-6-4-2)20-23(25)13-14-28(26)27/h22-28H,3-20H2,1-2H3/t22-,23?,24?,25?,26?,27?,28?,29-/m0/s1. The summed E-state index contributed by atoms with van der Waals surface area (Å²) in [6.07, 6.45) is 25.4. The van der Waals surface area contributed by atoms with Crippen LogP contribution < -0.4 is 0 Å². The summed E-state index contributed by atoms with van der Waals surface area (Å²) < 4.78 is 0. The summed E-state index contributed by atoms with van der Waals surface area (Å²) in [6.45, 7) is 4.63. The van der Waals surface area contributed by atoms with Gasteiger partial charge in [0.05, 0.1) is 11.5 Å². The van der Waals surface area contributed by atoms with Gasteiger partial charge in [-0.1, -0.05) is 71.6 Å². The van der Waals surface area contributed by atoms with Gasteiger partial charge in [0.25, 0.3) is 0 Å². The van der Waals surface area contributed by atoms with Crippen LogP contribution in [0.15, 0.2) is 0 Å². The number of hydrogen-bond acceptors (Lipinski definition) is 1. The molecule has 170 valence electrons. The minimum absolute atomic E-state index is 0.0373. The highest BCUT2D eigenvalue weighted by Crippen LogP contribution is 2.60. The van der Waals surface area contributed by atoms with Crippen molar-refractivity contribution in [1.29, 1.82) is 5.26 Å². The molecular formula is C29H49N. The first kappa shape index (κ1) is 22.7. The highest BCUT2D eigenvalue weighted by atomic mass is 14.6. The zero-order chi connectivity index (χ0) is 21.0. The average Bonchev–Trinajstić information content (AvgIpc) is 2.79. The maximum Gasteiger partial charge on any atom is 0.0689 e. The van der Waals surface area contributed by atoms with Crippen LogP contribution in [0.2, 0.25) is 0 Å². The van der Waals surface area contributed by atoms with Crippen LogP contribution in [0.25, 0.3) is 0 Å². The van der Waals surface area contributed by atoms with Crippen molar-refractivity contribution in [3.05, 3.63) is 0 Å². The van der Waals surface area contributed by atoms with Gasteiger partial charge in [-0.25, -0.2) is 0 Å². The Labute approximate surface area is 187 Å². The molecule has 1 heteroatoms. The van der Waals surface area contributed by atoms with Gasteiger partial charge in [-0.05, 0) is 99.2 Å². The molecular weight excluding hydrogens is 362 g/mol. The van der Waals surface area contributed by atoms with Crippen LogP contribution in [0.3, 0.4) is 0 Å². The van der Waals surface area contributed by atoms with Gasteiger partial charge in [-0.2, -0.15) is 5.26 Å². The van der Waals surface area contributed by atoms with Crippen LogP contribution in [-0.4, -0.2) is 0 Å². The minimum Gasteiger partial charge on any atom is -0.198 e. The van der Waals surface area contributed by atoms with Gasteiger partial charge >= 0.3 is 0 Å². The molecule has 4 aliphatic rings. The largest absolute Gasteiger partial charge is 0.198 e. The van der Waals surface area contributed by atoms with Crippen molar-refractivity contribution in [2.75, 3.05) is 0 Å². The molecule has 0 bridgehead atoms. The van der Waals surface area contributed by atoms with E-state index in [1.165, 1.54) is 103 Å². The van der Waals surface area contributed by atoms with E-state index in [0.29, 0.717) is 0 Å². The fourth-order valence-corrected chi connectivity index (χ4v) is 9.08. The van der Waals surface area contributed by atoms with E-state index < -0.39 is 0 Å². The molecule has 1 nitrogen and oxygen atoms in total. The van der Waals surface area contributed by atoms with Crippen LogP contribution >= 0.6 is 0 Å². The Balaban J connectivity index is 1.38. The summed E-state index contributed by atoms with van der Waals surface area (Å²) in [6, 6.07) is 2.86. The Bertz CT molecular complexity index is 575. The molecule has 6 unspecified atom stereocenters. The molecule has 4 aliphatic carbocycles. The Morgan fingerprint density at radius 3 is 2.23 bits per heavy atom. The third kappa shape index (κ3) is 4.64. The van der Waals surface area contributed by atoms with Gasteiger partial charge in [0.2, 0.25) is 0 Å². The van der Waals surface area contributed by atoms with Crippen LogP contribution in [0.4, 0.5) is 0 Å². The van der Waals surface area contributed by atoms with Gasteiger partial charge in [-0.3, -0.25) is 0 Å². The predicted octanol–water partition coefficient (Wildman–Crippen LogP) is 8.93. The summed E-state index contributed by atoms with van der Waals surface area (Å²) in [5, 5.41) is 10.1. The second-order valence-corrected chi connectivity index (χ2v) is 12.0. The lowest BCUT2D eigenvalue weighted by atomic mass is 9.48. The van der Waals surface area contributed by atoms with E-state index in [1.54, 1.807) is 12.8 Å². The van der Waals surface area contributed by atoms with Crippen LogP contribution in [0.1, 0.15) is 129 Å². The number of hydrogen-bond donors (Lipinski definition) is 0. The maximum atomic E-state index is 10.1. The van der Waals surface area contributed by atoms with E-state index >= 15 is 0 Å². The molecule has 0 aromatic carbocycles.